The highest BCUT2D eigenvalue weighted by atomic mass is 16.2. The largest absolute Gasteiger partial charge is 0.336 e. The summed E-state index contributed by atoms with van der Waals surface area (Å²) in [6, 6.07) is 3.69. The molecule has 31 heavy (non-hydrogen) atoms. The Kier molecular flexibility index (Phi) is 5.03. The van der Waals surface area contributed by atoms with Gasteiger partial charge >= 0.3 is 0 Å². The van der Waals surface area contributed by atoms with E-state index < -0.39 is 0 Å². The minimum Gasteiger partial charge on any atom is -0.336 e. The van der Waals surface area contributed by atoms with Crippen LogP contribution in [0.3, 0.4) is 0 Å². The van der Waals surface area contributed by atoms with Gasteiger partial charge in [-0.3, -0.25) is 9.59 Å². The fourth-order valence-electron chi connectivity index (χ4n) is 4.69. The molecule has 2 aliphatic rings. The molecule has 9 heteroatoms. The first-order valence-electron chi connectivity index (χ1n) is 11.1. The van der Waals surface area contributed by atoms with Crippen LogP contribution in [0.1, 0.15) is 58.9 Å². The molecule has 0 saturated carbocycles. The van der Waals surface area contributed by atoms with Gasteiger partial charge in [-0.15, -0.1) is 5.10 Å². The van der Waals surface area contributed by atoms with Crippen LogP contribution in [0.15, 0.2) is 16.9 Å². The maximum absolute atomic E-state index is 12.9. The predicted molar refractivity (Wildman–Crippen MR) is 114 cm³/mol. The number of carbonyl (C=O) groups is 1. The lowest BCUT2D eigenvalue weighted by atomic mass is 9.95. The molecule has 1 saturated heterocycles. The first-order chi connectivity index (χ1) is 15.0. The van der Waals surface area contributed by atoms with Crippen molar-refractivity contribution in [3.05, 3.63) is 51.0 Å². The van der Waals surface area contributed by atoms with Crippen LogP contribution in [0.25, 0.3) is 5.78 Å². The highest BCUT2D eigenvalue weighted by molar-refractivity contribution is 5.91. The third-order valence-corrected chi connectivity index (χ3v) is 6.42. The molecule has 0 N–H and O–H groups in total. The highest BCUT2D eigenvalue weighted by Gasteiger charge is 2.27. The molecule has 0 spiro atoms. The van der Waals surface area contributed by atoms with Crippen molar-refractivity contribution >= 4 is 11.7 Å². The Balaban J connectivity index is 1.25. The van der Waals surface area contributed by atoms with Gasteiger partial charge in [-0.05, 0) is 69.9 Å². The van der Waals surface area contributed by atoms with E-state index in [-0.39, 0.29) is 17.3 Å². The SMILES string of the molecule is Cc1cc(C)n2nc(C(=O)N3CCC(Cn4nc5c(cc4=O)CCCC5)CC3)nc2n1. The first-order valence-corrected chi connectivity index (χ1v) is 11.1. The van der Waals surface area contributed by atoms with E-state index in [2.05, 4.69) is 20.2 Å². The third kappa shape index (κ3) is 3.84. The van der Waals surface area contributed by atoms with E-state index in [1.54, 1.807) is 20.2 Å². The molecule has 162 valence electrons. The molecule has 1 amide bonds. The van der Waals surface area contributed by atoms with Crippen LogP contribution in [0.2, 0.25) is 0 Å². The number of hydrogen-bond donors (Lipinski definition) is 0. The lowest BCUT2D eigenvalue weighted by molar-refractivity contribution is 0.0668. The van der Waals surface area contributed by atoms with Gasteiger partial charge in [0, 0.05) is 37.1 Å². The number of fused-ring (bicyclic) bond motifs is 2. The minimum atomic E-state index is -0.162. The second-order valence-corrected chi connectivity index (χ2v) is 8.77. The molecule has 0 radical (unpaired) electrons. The van der Waals surface area contributed by atoms with Gasteiger partial charge in [0.05, 0.1) is 5.69 Å². The van der Waals surface area contributed by atoms with Gasteiger partial charge in [-0.2, -0.15) is 10.1 Å². The summed E-state index contributed by atoms with van der Waals surface area (Å²) < 4.78 is 3.24. The van der Waals surface area contributed by atoms with Gasteiger partial charge in [0.2, 0.25) is 5.82 Å². The fourth-order valence-corrected chi connectivity index (χ4v) is 4.69. The molecule has 0 aromatic carbocycles. The van der Waals surface area contributed by atoms with Crippen LogP contribution in [0.4, 0.5) is 0 Å². The van der Waals surface area contributed by atoms with Crippen LogP contribution >= 0.6 is 0 Å². The van der Waals surface area contributed by atoms with Crippen molar-refractivity contribution in [2.45, 2.75) is 58.9 Å². The summed E-state index contributed by atoms with van der Waals surface area (Å²) in [4.78, 5) is 35.9. The maximum Gasteiger partial charge on any atom is 0.293 e. The maximum atomic E-state index is 12.9. The summed E-state index contributed by atoms with van der Waals surface area (Å²) >= 11 is 0. The van der Waals surface area contributed by atoms with E-state index in [1.807, 2.05) is 19.9 Å². The molecule has 1 aliphatic carbocycles. The zero-order chi connectivity index (χ0) is 21.5. The van der Waals surface area contributed by atoms with E-state index in [9.17, 15) is 9.59 Å². The van der Waals surface area contributed by atoms with Crippen LogP contribution in [-0.2, 0) is 19.4 Å². The zero-order valence-electron chi connectivity index (χ0n) is 18.0. The monoisotopic (exact) mass is 421 g/mol. The van der Waals surface area contributed by atoms with Crippen molar-refractivity contribution in [3.8, 4) is 0 Å². The Morgan fingerprint density at radius 3 is 2.65 bits per heavy atom. The second-order valence-electron chi connectivity index (χ2n) is 8.77. The molecule has 4 heterocycles. The summed E-state index contributed by atoms with van der Waals surface area (Å²) in [6.07, 6.45) is 5.87. The summed E-state index contributed by atoms with van der Waals surface area (Å²) in [7, 11) is 0. The average Bonchev–Trinajstić information content (AvgIpc) is 3.19. The first kappa shape index (κ1) is 19.8. The van der Waals surface area contributed by atoms with E-state index in [1.165, 1.54) is 0 Å². The number of nitrogens with zero attached hydrogens (tertiary/aromatic N) is 7. The molecule has 5 rings (SSSR count). The van der Waals surface area contributed by atoms with Crippen molar-refractivity contribution in [2.75, 3.05) is 13.1 Å². The Bertz CT molecular complexity index is 1200. The lowest BCUT2D eigenvalue weighted by Crippen LogP contribution is -2.41. The summed E-state index contributed by atoms with van der Waals surface area (Å²) in [6.45, 7) is 5.70. The van der Waals surface area contributed by atoms with Crippen molar-refractivity contribution in [3.63, 3.8) is 0 Å². The van der Waals surface area contributed by atoms with E-state index >= 15 is 0 Å². The summed E-state index contributed by atoms with van der Waals surface area (Å²) in [5.74, 6) is 0.808. The van der Waals surface area contributed by atoms with Gasteiger partial charge in [-0.1, -0.05) is 0 Å². The van der Waals surface area contributed by atoms with E-state index in [0.717, 1.165) is 61.2 Å². The highest BCUT2D eigenvalue weighted by Crippen LogP contribution is 2.21. The Hall–Kier alpha value is -3.10. The average molecular weight is 422 g/mol. The standard InChI is InChI=1S/C22H27N7O2/c1-14-11-15(2)29-22(23-14)24-20(26-29)21(31)27-9-7-16(8-10-27)13-28-19(30)12-17-5-3-4-6-18(17)25-28/h11-12,16H,3-10,13H2,1-2H3. The van der Waals surface area contributed by atoms with Crippen LogP contribution in [-0.4, -0.2) is 53.3 Å². The number of likely N-dealkylation sites (tertiary alicyclic amines) is 1. The van der Waals surface area contributed by atoms with Gasteiger partial charge in [0.15, 0.2) is 0 Å². The van der Waals surface area contributed by atoms with E-state index in [0.29, 0.717) is 31.3 Å². The van der Waals surface area contributed by atoms with Crippen LogP contribution < -0.4 is 5.56 Å². The molecule has 9 nitrogen and oxygen atoms in total. The Morgan fingerprint density at radius 1 is 1.06 bits per heavy atom. The van der Waals surface area contributed by atoms with Crippen molar-refractivity contribution < 1.29 is 4.79 Å². The summed E-state index contributed by atoms with van der Waals surface area (Å²) in [5.41, 5.74) is 3.94. The molecular formula is C22H27N7O2. The molecule has 1 aliphatic heterocycles. The zero-order valence-corrected chi connectivity index (χ0v) is 18.0. The fraction of sp³-hybridized carbons (Fsp3) is 0.545. The molecule has 3 aromatic heterocycles. The number of carbonyl (C=O) groups excluding carboxylic acids is 1. The number of piperidine rings is 1. The van der Waals surface area contributed by atoms with Crippen LogP contribution in [0.5, 0.6) is 0 Å². The number of rotatable bonds is 3. The third-order valence-electron chi connectivity index (χ3n) is 6.42. The molecule has 1 fully saturated rings. The number of aryl methyl sites for hydroxylation is 4. The molecular weight excluding hydrogens is 394 g/mol. The molecule has 0 bridgehead atoms. The summed E-state index contributed by atoms with van der Waals surface area (Å²) in [5, 5.41) is 9.01. The Morgan fingerprint density at radius 2 is 1.84 bits per heavy atom. The molecule has 0 atom stereocenters. The van der Waals surface area contributed by atoms with Gasteiger partial charge < -0.3 is 4.90 Å². The van der Waals surface area contributed by atoms with Gasteiger partial charge in [0.1, 0.15) is 0 Å². The Labute approximate surface area is 180 Å². The predicted octanol–water partition coefficient (Wildman–Crippen LogP) is 1.73. The smallest absolute Gasteiger partial charge is 0.293 e. The normalized spacial score (nSPS) is 17.2. The quantitative estimate of drug-likeness (QED) is 0.639. The topological polar surface area (TPSA) is 98.3 Å². The van der Waals surface area contributed by atoms with Crippen LogP contribution in [0, 0.1) is 19.8 Å². The number of aromatic nitrogens is 6. The lowest BCUT2D eigenvalue weighted by Gasteiger charge is -2.31. The molecule has 3 aromatic rings. The van der Waals surface area contributed by atoms with E-state index in [4.69, 9.17) is 0 Å². The van der Waals surface area contributed by atoms with Gasteiger partial charge in [0.25, 0.3) is 17.2 Å². The number of amides is 1. The molecule has 0 unspecified atom stereocenters. The number of hydrogen-bond acceptors (Lipinski definition) is 6. The second kappa shape index (κ2) is 7.86. The van der Waals surface area contributed by atoms with Crippen molar-refractivity contribution in [1.82, 2.24) is 34.3 Å². The van der Waals surface area contributed by atoms with Crippen molar-refractivity contribution in [1.29, 1.82) is 0 Å². The van der Waals surface area contributed by atoms with Crippen molar-refractivity contribution in [2.24, 2.45) is 5.92 Å². The minimum absolute atomic E-state index is 0.00813. The van der Waals surface area contributed by atoms with Gasteiger partial charge in [-0.25, -0.2) is 14.2 Å².